The Kier molecular flexibility index (Phi) is 3.73. The van der Waals surface area contributed by atoms with Crippen LogP contribution in [0.5, 0.6) is 17.2 Å². The predicted octanol–water partition coefficient (Wildman–Crippen LogP) is 2.46. The summed E-state index contributed by atoms with van der Waals surface area (Å²) in [6, 6.07) is 10.5. The second-order valence-electron chi connectivity index (χ2n) is 5.26. The van der Waals surface area contributed by atoms with Crippen LogP contribution in [0.2, 0.25) is 0 Å². The van der Waals surface area contributed by atoms with Crippen molar-refractivity contribution < 1.29 is 19.1 Å². The zero-order chi connectivity index (χ0) is 17.2. The summed E-state index contributed by atoms with van der Waals surface area (Å²) in [5.41, 5.74) is 0.508. The molecule has 3 aromatic rings. The number of nitro groups is 1. The highest BCUT2D eigenvalue weighted by Gasteiger charge is 2.21. The number of benzene rings is 1. The molecule has 0 bridgehead atoms. The first kappa shape index (κ1) is 15.1. The van der Waals surface area contributed by atoms with Gasteiger partial charge in [-0.05, 0) is 23.1 Å². The fourth-order valence-corrected chi connectivity index (χ4v) is 2.58. The molecule has 0 saturated heterocycles. The van der Waals surface area contributed by atoms with E-state index in [-0.39, 0.29) is 18.4 Å². The molecular weight excluding hydrogens is 328 g/mol. The molecule has 0 radical (unpaired) electrons. The highest BCUT2D eigenvalue weighted by molar-refractivity contribution is 5.62. The van der Waals surface area contributed by atoms with Gasteiger partial charge in [0.25, 0.3) is 0 Å². The number of rotatable bonds is 6. The van der Waals surface area contributed by atoms with E-state index in [0.717, 1.165) is 0 Å². The van der Waals surface area contributed by atoms with Crippen molar-refractivity contribution in [1.82, 2.24) is 9.38 Å². The zero-order valence-electron chi connectivity index (χ0n) is 13.0. The highest BCUT2D eigenvalue weighted by atomic mass is 16.7. The number of ether oxygens (including phenoxy) is 3. The van der Waals surface area contributed by atoms with E-state index < -0.39 is 4.92 Å². The Bertz CT molecular complexity index is 939. The summed E-state index contributed by atoms with van der Waals surface area (Å²) < 4.78 is 17.6. The lowest BCUT2D eigenvalue weighted by molar-refractivity contribution is -0.389. The normalized spacial score (nSPS) is 12.3. The molecule has 0 atom stereocenters. The van der Waals surface area contributed by atoms with E-state index in [9.17, 15) is 10.1 Å². The highest BCUT2D eigenvalue weighted by Crippen LogP contribution is 2.35. The lowest BCUT2D eigenvalue weighted by Gasteiger charge is -2.07. The Morgan fingerprint density at radius 2 is 2.16 bits per heavy atom. The van der Waals surface area contributed by atoms with E-state index in [2.05, 4.69) is 10.3 Å². The molecule has 0 saturated carbocycles. The minimum atomic E-state index is -0.457. The number of nitrogens with one attached hydrogen (secondary N) is 1. The standard InChI is InChI=1S/C16H14N4O5/c21-20(22)16-15(18-14-3-1-2-7-19(14)16)17-6-8-23-11-4-5-12-13(9-11)25-10-24-12/h1-5,7,9,17H,6,8,10H2. The first-order valence-electron chi connectivity index (χ1n) is 7.60. The average Bonchev–Trinajstić information content (AvgIpc) is 3.22. The number of hydrogen-bond donors (Lipinski definition) is 1. The molecule has 4 rings (SSSR count). The van der Waals surface area contributed by atoms with Crippen LogP contribution in [-0.4, -0.2) is 34.3 Å². The molecular formula is C16H14N4O5. The zero-order valence-corrected chi connectivity index (χ0v) is 13.0. The van der Waals surface area contributed by atoms with Crippen molar-refractivity contribution in [3.8, 4) is 17.2 Å². The molecule has 2 aromatic heterocycles. The van der Waals surface area contributed by atoms with Gasteiger partial charge < -0.3 is 29.6 Å². The van der Waals surface area contributed by atoms with Gasteiger partial charge in [0.2, 0.25) is 18.3 Å². The van der Waals surface area contributed by atoms with Crippen LogP contribution in [0.25, 0.3) is 5.65 Å². The van der Waals surface area contributed by atoms with Crippen molar-refractivity contribution >= 4 is 17.3 Å². The third-order valence-corrected chi connectivity index (χ3v) is 3.68. The quantitative estimate of drug-likeness (QED) is 0.417. The first-order chi connectivity index (χ1) is 12.2. The third-order valence-electron chi connectivity index (χ3n) is 3.68. The summed E-state index contributed by atoms with van der Waals surface area (Å²) in [5.74, 6) is 2.08. The van der Waals surface area contributed by atoms with Crippen molar-refractivity contribution in [3.05, 3.63) is 52.7 Å². The third kappa shape index (κ3) is 2.87. The van der Waals surface area contributed by atoms with Crippen LogP contribution in [-0.2, 0) is 0 Å². The van der Waals surface area contributed by atoms with E-state index in [0.29, 0.717) is 36.0 Å². The molecule has 1 aliphatic heterocycles. The largest absolute Gasteiger partial charge is 0.492 e. The van der Waals surface area contributed by atoms with E-state index >= 15 is 0 Å². The molecule has 3 heterocycles. The molecule has 0 aliphatic carbocycles. The number of aromatic nitrogens is 2. The van der Waals surface area contributed by atoms with Crippen molar-refractivity contribution in [2.45, 2.75) is 0 Å². The second kappa shape index (κ2) is 6.19. The topological polar surface area (TPSA) is 100 Å². The fraction of sp³-hybridized carbons (Fsp3) is 0.188. The Morgan fingerprint density at radius 3 is 3.04 bits per heavy atom. The van der Waals surface area contributed by atoms with Gasteiger partial charge >= 0.3 is 5.82 Å². The van der Waals surface area contributed by atoms with Gasteiger partial charge in [-0.15, -0.1) is 0 Å². The predicted molar refractivity (Wildman–Crippen MR) is 88.4 cm³/mol. The molecule has 1 aliphatic rings. The number of hydrogen-bond acceptors (Lipinski definition) is 7. The van der Waals surface area contributed by atoms with Gasteiger partial charge in [-0.25, -0.2) is 0 Å². The maximum absolute atomic E-state index is 11.3. The monoisotopic (exact) mass is 342 g/mol. The lowest BCUT2D eigenvalue weighted by atomic mass is 10.3. The summed E-state index contributed by atoms with van der Waals surface area (Å²) in [5, 5.41) is 14.3. The summed E-state index contributed by atoms with van der Waals surface area (Å²) in [4.78, 5) is 15.1. The van der Waals surface area contributed by atoms with Crippen LogP contribution in [0.1, 0.15) is 0 Å². The summed E-state index contributed by atoms with van der Waals surface area (Å²) in [6.07, 6.45) is 1.61. The Hall–Kier alpha value is -3.49. The Balaban J connectivity index is 1.41. The van der Waals surface area contributed by atoms with Crippen LogP contribution in [0.4, 0.5) is 11.6 Å². The minimum Gasteiger partial charge on any atom is -0.492 e. The average molecular weight is 342 g/mol. The van der Waals surface area contributed by atoms with E-state index in [1.54, 1.807) is 42.6 Å². The van der Waals surface area contributed by atoms with Gasteiger partial charge in [0.1, 0.15) is 12.4 Å². The van der Waals surface area contributed by atoms with Crippen LogP contribution >= 0.6 is 0 Å². The van der Waals surface area contributed by atoms with Crippen LogP contribution in [0, 0.1) is 10.1 Å². The SMILES string of the molecule is O=[N+]([O-])c1c(NCCOc2ccc3c(c2)OCO3)nc2ccccn12. The van der Waals surface area contributed by atoms with E-state index in [1.165, 1.54) is 4.40 Å². The van der Waals surface area contributed by atoms with E-state index in [1.807, 2.05) is 0 Å². The van der Waals surface area contributed by atoms with Crippen molar-refractivity contribution in [3.63, 3.8) is 0 Å². The fourth-order valence-electron chi connectivity index (χ4n) is 2.58. The van der Waals surface area contributed by atoms with Gasteiger partial charge in [-0.2, -0.15) is 9.38 Å². The Labute approximate surface area is 141 Å². The molecule has 128 valence electrons. The van der Waals surface area contributed by atoms with Crippen molar-refractivity contribution in [1.29, 1.82) is 0 Å². The number of pyridine rings is 1. The van der Waals surface area contributed by atoms with Crippen molar-refractivity contribution in [2.75, 3.05) is 25.3 Å². The van der Waals surface area contributed by atoms with Crippen molar-refractivity contribution in [2.24, 2.45) is 0 Å². The molecule has 0 fully saturated rings. The van der Waals surface area contributed by atoms with E-state index in [4.69, 9.17) is 14.2 Å². The summed E-state index contributed by atoms with van der Waals surface area (Å²) in [6.45, 7) is 0.877. The van der Waals surface area contributed by atoms with Gasteiger partial charge in [0.05, 0.1) is 12.7 Å². The minimum absolute atomic E-state index is 0.0984. The molecule has 0 amide bonds. The Morgan fingerprint density at radius 1 is 1.28 bits per heavy atom. The van der Waals surface area contributed by atoms with Gasteiger partial charge in [-0.1, -0.05) is 6.07 Å². The lowest BCUT2D eigenvalue weighted by Crippen LogP contribution is -2.12. The molecule has 1 N–H and O–H groups in total. The molecule has 1 aromatic carbocycles. The van der Waals surface area contributed by atoms with Crippen LogP contribution < -0.4 is 19.5 Å². The van der Waals surface area contributed by atoms with Crippen LogP contribution in [0.3, 0.4) is 0 Å². The van der Waals surface area contributed by atoms with Gasteiger partial charge in [0, 0.05) is 12.1 Å². The number of imidazole rings is 1. The van der Waals surface area contributed by atoms with Gasteiger partial charge in [-0.3, -0.25) is 0 Å². The molecule has 9 nitrogen and oxygen atoms in total. The first-order valence-corrected chi connectivity index (χ1v) is 7.60. The maximum atomic E-state index is 11.3. The second-order valence-corrected chi connectivity index (χ2v) is 5.26. The number of fused-ring (bicyclic) bond motifs is 2. The summed E-state index contributed by atoms with van der Waals surface area (Å²) in [7, 11) is 0. The van der Waals surface area contributed by atoms with Gasteiger partial charge in [0.15, 0.2) is 11.5 Å². The smallest absolute Gasteiger partial charge is 0.372 e. The summed E-state index contributed by atoms with van der Waals surface area (Å²) >= 11 is 0. The molecule has 0 unspecified atom stereocenters. The molecule has 25 heavy (non-hydrogen) atoms. The van der Waals surface area contributed by atoms with Crippen LogP contribution in [0.15, 0.2) is 42.6 Å². The molecule has 9 heteroatoms. The number of nitrogens with zero attached hydrogens (tertiary/aromatic N) is 3. The molecule has 0 spiro atoms. The maximum Gasteiger partial charge on any atom is 0.372 e. The number of anilines is 1.